The van der Waals surface area contributed by atoms with Gasteiger partial charge in [-0.05, 0) is 22.6 Å². The highest BCUT2D eigenvalue weighted by Gasteiger charge is 2.01. The van der Waals surface area contributed by atoms with Crippen molar-refractivity contribution in [2.45, 2.75) is 0 Å². The van der Waals surface area contributed by atoms with E-state index in [0.29, 0.717) is 0 Å². The summed E-state index contributed by atoms with van der Waals surface area (Å²) in [6, 6.07) is 1.66. The lowest BCUT2D eigenvalue weighted by Gasteiger charge is -1.90. The summed E-state index contributed by atoms with van der Waals surface area (Å²) >= 11 is 2.19. The van der Waals surface area contributed by atoms with E-state index in [0.717, 1.165) is 14.6 Å². The molecule has 0 unspecified atom stereocenters. The third kappa shape index (κ3) is 1.07. The largest absolute Gasteiger partial charge is 0.506 e. The first kappa shape index (κ1) is 6.90. The Bertz CT molecular complexity index is 396. The van der Waals surface area contributed by atoms with Gasteiger partial charge in [-0.25, -0.2) is 4.98 Å². The molecule has 0 amide bonds. The first-order chi connectivity index (χ1) is 5.27. The molecule has 2 aromatic heterocycles. The van der Waals surface area contributed by atoms with Crippen LogP contribution in [0.5, 0.6) is 5.75 Å². The van der Waals surface area contributed by atoms with Gasteiger partial charge in [0.25, 0.3) is 0 Å². The molecule has 0 aliphatic rings. The van der Waals surface area contributed by atoms with Crippen molar-refractivity contribution < 1.29 is 5.11 Å². The molecule has 0 aliphatic heterocycles. The summed E-state index contributed by atoms with van der Waals surface area (Å²) in [7, 11) is 0. The zero-order valence-electron chi connectivity index (χ0n) is 5.50. The summed E-state index contributed by atoms with van der Waals surface area (Å²) in [6.07, 6.45) is 3.30. The van der Waals surface area contributed by atoms with E-state index in [2.05, 4.69) is 32.6 Å². The van der Waals surface area contributed by atoms with Crippen molar-refractivity contribution in [3.63, 3.8) is 0 Å². The molecule has 0 saturated heterocycles. The van der Waals surface area contributed by atoms with Gasteiger partial charge in [-0.1, -0.05) is 0 Å². The van der Waals surface area contributed by atoms with Crippen LogP contribution in [0.3, 0.4) is 0 Å². The molecule has 0 atom stereocenters. The maximum Gasteiger partial charge on any atom is 0.135 e. The highest BCUT2D eigenvalue weighted by Crippen LogP contribution is 2.20. The molecule has 0 saturated carbocycles. The van der Waals surface area contributed by atoms with Gasteiger partial charge in [-0.3, -0.25) is 0 Å². The second-order valence-electron chi connectivity index (χ2n) is 2.23. The maximum absolute atomic E-state index is 9.05. The van der Waals surface area contributed by atoms with Crippen LogP contribution >= 0.6 is 22.6 Å². The molecule has 11 heavy (non-hydrogen) atoms. The van der Waals surface area contributed by atoms with E-state index < -0.39 is 0 Å². The van der Waals surface area contributed by atoms with Gasteiger partial charge in [0.15, 0.2) is 0 Å². The van der Waals surface area contributed by atoms with Gasteiger partial charge < -0.3 is 10.1 Å². The fourth-order valence-corrected chi connectivity index (χ4v) is 1.55. The number of aromatic amines is 1. The highest BCUT2D eigenvalue weighted by molar-refractivity contribution is 14.1. The summed E-state index contributed by atoms with van der Waals surface area (Å²) in [6.45, 7) is 0. The van der Waals surface area contributed by atoms with Gasteiger partial charge in [0, 0.05) is 12.3 Å². The van der Waals surface area contributed by atoms with Crippen molar-refractivity contribution in [2.75, 3.05) is 0 Å². The second kappa shape index (κ2) is 2.37. The second-order valence-corrected chi connectivity index (χ2v) is 3.39. The Labute approximate surface area is 76.6 Å². The fourth-order valence-electron chi connectivity index (χ4n) is 0.964. The quantitative estimate of drug-likeness (QED) is 0.710. The summed E-state index contributed by atoms with van der Waals surface area (Å²) in [5.41, 5.74) is 1.78. The van der Waals surface area contributed by atoms with Crippen LogP contribution in [0.2, 0.25) is 0 Å². The number of pyridine rings is 1. The van der Waals surface area contributed by atoms with Crippen LogP contribution in [0.15, 0.2) is 18.5 Å². The van der Waals surface area contributed by atoms with E-state index in [1.807, 2.05) is 6.20 Å². The van der Waals surface area contributed by atoms with Crippen LogP contribution in [0.4, 0.5) is 0 Å². The van der Waals surface area contributed by atoms with Gasteiger partial charge in [0.05, 0.1) is 15.3 Å². The van der Waals surface area contributed by atoms with E-state index in [1.165, 1.54) is 6.20 Å². The molecule has 0 aromatic carbocycles. The first-order valence-corrected chi connectivity index (χ1v) is 4.17. The van der Waals surface area contributed by atoms with Crippen LogP contribution < -0.4 is 0 Å². The number of hydrogen-bond acceptors (Lipinski definition) is 2. The Hall–Kier alpha value is -0.780. The summed E-state index contributed by atoms with van der Waals surface area (Å²) in [5, 5.41) is 9.05. The molecule has 0 radical (unpaired) electrons. The zero-order valence-corrected chi connectivity index (χ0v) is 7.66. The number of nitrogens with zero attached hydrogens (tertiary/aromatic N) is 1. The number of nitrogens with one attached hydrogen (secondary N) is 1. The third-order valence-electron chi connectivity index (χ3n) is 1.45. The molecule has 4 heteroatoms. The van der Waals surface area contributed by atoms with Crippen LogP contribution in [-0.4, -0.2) is 15.1 Å². The molecule has 0 aliphatic carbocycles. The van der Waals surface area contributed by atoms with Crippen LogP contribution in [0.25, 0.3) is 11.0 Å². The third-order valence-corrected chi connectivity index (χ3v) is 2.28. The van der Waals surface area contributed by atoms with Crippen molar-refractivity contribution in [2.24, 2.45) is 0 Å². The average molecular weight is 260 g/mol. The number of rotatable bonds is 0. The number of hydrogen-bond donors (Lipinski definition) is 2. The van der Waals surface area contributed by atoms with Crippen LogP contribution in [0.1, 0.15) is 0 Å². The monoisotopic (exact) mass is 260 g/mol. The van der Waals surface area contributed by atoms with Crippen molar-refractivity contribution in [1.29, 1.82) is 0 Å². The number of aromatic hydroxyl groups is 1. The molecule has 56 valence electrons. The first-order valence-electron chi connectivity index (χ1n) is 3.09. The van der Waals surface area contributed by atoms with Crippen molar-refractivity contribution in [1.82, 2.24) is 9.97 Å². The molecule has 0 fully saturated rings. The molecule has 3 nitrogen and oxygen atoms in total. The number of H-pyrrole nitrogens is 1. The topological polar surface area (TPSA) is 48.9 Å². The van der Waals surface area contributed by atoms with Crippen LogP contribution in [0, 0.1) is 3.57 Å². The standard InChI is InChI=1S/C7H5IN2O/c8-5-3-9-6-1-4(11)2-10-7(5)6/h1-3,9,11H. The Morgan fingerprint density at radius 1 is 1.55 bits per heavy atom. The minimum atomic E-state index is 0.191. The predicted molar refractivity (Wildman–Crippen MR) is 50.5 cm³/mol. The lowest BCUT2D eigenvalue weighted by Crippen LogP contribution is -1.74. The SMILES string of the molecule is Oc1cnc2c(I)c[nH]c2c1. The van der Waals surface area contributed by atoms with Gasteiger partial charge in [-0.2, -0.15) is 0 Å². The lowest BCUT2D eigenvalue weighted by atomic mass is 10.4. The van der Waals surface area contributed by atoms with Crippen molar-refractivity contribution >= 4 is 33.6 Å². The molecular weight excluding hydrogens is 255 g/mol. The Morgan fingerprint density at radius 2 is 2.36 bits per heavy atom. The molecule has 2 N–H and O–H groups in total. The molecule has 0 spiro atoms. The maximum atomic E-state index is 9.05. The summed E-state index contributed by atoms with van der Waals surface area (Å²) in [5.74, 6) is 0.191. The highest BCUT2D eigenvalue weighted by atomic mass is 127. The summed E-state index contributed by atoms with van der Waals surface area (Å²) < 4.78 is 1.07. The Morgan fingerprint density at radius 3 is 3.18 bits per heavy atom. The Balaban J connectivity index is 2.86. The van der Waals surface area contributed by atoms with Gasteiger partial charge in [0.1, 0.15) is 11.3 Å². The molecule has 2 rings (SSSR count). The van der Waals surface area contributed by atoms with E-state index >= 15 is 0 Å². The fraction of sp³-hybridized carbons (Fsp3) is 0. The van der Waals surface area contributed by atoms with Crippen molar-refractivity contribution in [3.05, 3.63) is 22.0 Å². The predicted octanol–water partition coefficient (Wildman–Crippen LogP) is 1.87. The minimum absolute atomic E-state index is 0.191. The van der Waals surface area contributed by atoms with Crippen molar-refractivity contribution in [3.8, 4) is 5.75 Å². The number of aromatic nitrogens is 2. The minimum Gasteiger partial charge on any atom is -0.506 e. The van der Waals surface area contributed by atoms with E-state index in [9.17, 15) is 0 Å². The molecule has 2 aromatic rings. The van der Waals surface area contributed by atoms with E-state index in [4.69, 9.17) is 5.11 Å². The lowest BCUT2D eigenvalue weighted by molar-refractivity contribution is 0.474. The average Bonchev–Trinajstić information content (AvgIpc) is 2.32. The number of halogens is 1. The van der Waals surface area contributed by atoms with Gasteiger partial charge in [0.2, 0.25) is 0 Å². The summed E-state index contributed by atoms with van der Waals surface area (Å²) in [4.78, 5) is 7.05. The number of fused-ring (bicyclic) bond motifs is 1. The smallest absolute Gasteiger partial charge is 0.135 e. The van der Waals surface area contributed by atoms with Crippen LogP contribution in [-0.2, 0) is 0 Å². The molecule has 2 heterocycles. The van der Waals surface area contributed by atoms with Gasteiger partial charge >= 0.3 is 0 Å². The zero-order chi connectivity index (χ0) is 7.84. The normalized spacial score (nSPS) is 10.6. The Kier molecular flexibility index (Phi) is 1.49. The van der Waals surface area contributed by atoms with E-state index in [1.54, 1.807) is 6.07 Å². The van der Waals surface area contributed by atoms with Gasteiger partial charge in [-0.15, -0.1) is 0 Å². The molecular formula is C7H5IN2O. The molecule has 0 bridgehead atoms. The van der Waals surface area contributed by atoms with E-state index in [-0.39, 0.29) is 5.75 Å².